The molecule has 3 rings (SSSR count). The summed E-state index contributed by atoms with van der Waals surface area (Å²) in [6.45, 7) is 3.30. The number of para-hydroxylation sites is 1. The van der Waals surface area contributed by atoms with Gasteiger partial charge in [0.2, 0.25) is 0 Å². The largest absolute Gasteiger partial charge is 0.385 e. The lowest BCUT2D eigenvalue weighted by atomic mass is 9.85. The highest BCUT2D eigenvalue weighted by Gasteiger charge is 2.20. The first kappa shape index (κ1) is 12.3. The normalized spacial score (nSPS) is 17.6. The monoisotopic (exact) mass is 251 g/mol. The summed E-state index contributed by atoms with van der Waals surface area (Å²) in [5, 5.41) is 3.49. The Morgan fingerprint density at radius 3 is 2.63 bits per heavy atom. The Morgan fingerprint density at radius 1 is 1.05 bits per heavy atom. The highest BCUT2D eigenvalue weighted by molar-refractivity contribution is 5.57. The number of nitrogens with one attached hydrogen (secondary N) is 1. The fraction of sp³-hybridized carbons (Fsp3) is 0.333. The summed E-state index contributed by atoms with van der Waals surface area (Å²) in [4.78, 5) is 0. The zero-order chi connectivity index (χ0) is 13.1. The second-order valence-corrected chi connectivity index (χ2v) is 5.35. The van der Waals surface area contributed by atoms with Crippen molar-refractivity contribution in [3.05, 3.63) is 65.2 Å². The van der Waals surface area contributed by atoms with E-state index in [-0.39, 0.29) is 0 Å². The maximum Gasteiger partial charge on any atom is 0.0379 e. The minimum atomic E-state index is 0.549. The number of hydrogen-bond donors (Lipinski definition) is 1. The summed E-state index contributed by atoms with van der Waals surface area (Å²) in [5.74, 6) is 0.549. The van der Waals surface area contributed by atoms with Crippen LogP contribution < -0.4 is 5.32 Å². The van der Waals surface area contributed by atoms with Gasteiger partial charge in [-0.1, -0.05) is 55.8 Å². The molecular weight excluding hydrogens is 230 g/mol. The molecule has 0 spiro atoms. The molecule has 1 heteroatoms. The number of hydrogen-bond acceptors (Lipinski definition) is 1. The number of aryl methyl sites for hydroxylation is 1. The van der Waals surface area contributed by atoms with Crippen LogP contribution in [0.1, 0.15) is 42.4 Å². The number of fused-ring (bicyclic) bond motifs is 1. The van der Waals surface area contributed by atoms with Crippen molar-refractivity contribution < 1.29 is 0 Å². The van der Waals surface area contributed by atoms with Gasteiger partial charge in [-0.15, -0.1) is 0 Å². The van der Waals surface area contributed by atoms with Crippen LogP contribution in [0.2, 0.25) is 0 Å². The summed E-state index contributed by atoms with van der Waals surface area (Å²) in [6, 6.07) is 17.9. The maximum atomic E-state index is 3.49. The van der Waals surface area contributed by atoms with Gasteiger partial charge in [-0.3, -0.25) is 0 Å². The van der Waals surface area contributed by atoms with E-state index in [9.17, 15) is 0 Å². The second kappa shape index (κ2) is 5.48. The standard InChI is InChI=1S/C18H21N/c1-2-5-14-8-10-15(11-9-14)16-12-13-19-18-7-4-3-6-17(16)18/h3-4,6-11,16,19H,2,5,12-13H2,1H3. The molecule has 1 heterocycles. The predicted molar refractivity (Wildman–Crippen MR) is 81.8 cm³/mol. The van der Waals surface area contributed by atoms with Gasteiger partial charge in [-0.25, -0.2) is 0 Å². The van der Waals surface area contributed by atoms with Crippen molar-refractivity contribution >= 4 is 5.69 Å². The Morgan fingerprint density at radius 2 is 1.84 bits per heavy atom. The second-order valence-electron chi connectivity index (χ2n) is 5.35. The fourth-order valence-electron chi connectivity index (χ4n) is 3.02. The van der Waals surface area contributed by atoms with Crippen molar-refractivity contribution in [3.8, 4) is 0 Å². The van der Waals surface area contributed by atoms with E-state index < -0.39 is 0 Å². The third-order valence-electron chi connectivity index (χ3n) is 4.01. The van der Waals surface area contributed by atoms with Crippen molar-refractivity contribution in [3.63, 3.8) is 0 Å². The average molecular weight is 251 g/mol. The van der Waals surface area contributed by atoms with Crippen LogP contribution in [0, 0.1) is 0 Å². The molecule has 0 aromatic heterocycles. The molecule has 1 atom stereocenters. The van der Waals surface area contributed by atoms with Crippen LogP contribution in [0.3, 0.4) is 0 Å². The van der Waals surface area contributed by atoms with Crippen molar-refractivity contribution in [1.29, 1.82) is 0 Å². The Labute approximate surface area is 115 Å². The topological polar surface area (TPSA) is 12.0 Å². The lowest BCUT2D eigenvalue weighted by Crippen LogP contribution is -2.17. The molecule has 0 saturated heterocycles. The Kier molecular flexibility index (Phi) is 3.54. The van der Waals surface area contributed by atoms with Crippen LogP contribution in [0.5, 0.6) is 0 Å². The minimum absolute atomic E-state index is 0.549. The van der Waals surface area contributed by atoms with E-state index in [0.29, 0.717) is 5.92 Å². The summed E-state index contributed by atoms with van der Waals surface area (Å²) in [5.41, 5.74) is 5.65. The Bertz CT molecular complexity index is 542. The van der Waals surface area contributed by atoms with E-state index >= 15 is 0 Å². The van der Waals surface area contributed by atoms with Crippen molar-refractivity contribution in [2.75, 3.05) is 11.9 Å². The molecule has 1 aliphatic heterocycles. The molecule has 98 valence electrons. The van der Waals surface area contributed by atoms with Crippen molar-refractivity contribution in [2.45, 2.75) is 32.1 Å². The molecule has 19 heavy (non-hydrogen) atoms. The minimum Gasteiger partial charge on any atom is -0.385 e. The molecule has 1 unspecified atom stereocenters. The van der Waals surface area contributed by atoms with Gasteiger partial charge in [0.05, 0.1) is 0 Å². The van der Waals surface area contributed by atoms with Gasteiger partial charge in [0.25, 0.3) is 0 Å². The molecule has 0 amide bonds. The summed E-state index contributed by atoms with van der Waals surface area (Å²) in [6.07, 6.45) is 3.59. The maximum absolute atomic E-state index is 3.49. The molecule has 0 fully saturated rings. The first-order valence-electron chi connectivity index (χ1n) is 7.30. The van der Waals surface area contributed by atoms with E-state index in [0.717, 1.165) is 6.54 Å². The summed E-state index contributed by atoms with van der Waals surface area (Å²) >= 11 is 0. The van der Waals surface area contributed by atoms with E-state index in [1.54, 1.807) is 0 Å². The quantitative estimate of drug-likeness (QED) is 0.841. The van der Waals surface area contributed by atoms with Crippen LogP contribution >= 0.6 is 0 Å². The molecule has 0 radical (unpaired) electrons. The molecule has 1 N–H and O–H groups in total. The van der Waals surface area contributed by atoms with E-state index in [1.807, 2.05) is 0 Å². The van der Waals surface area contributed by atoms with E-state index in [4.69, 9.17) is 0 Å². The van der Waals surface area contributed by atoms with Crippen LogP contribution in [-0.2, 0) is 6.42 Å². The molecule has 0 bridgehead atoms. The van der Waals surface area contributed by atoms with Gasteiger partial charge < -0.3 is 5.32 Å². The third kappa shape index (κ3) is 2.51. The molecule has 1 nitrogen and oxygen atoms in total. The summed E-state index contributed by atoms with van der Waals surface area (Å²) < 4.78 is 0. The smallest absolute Gasteiger partial charge is 0.0379 e. The highest BCUT2D eigenvalue weighted by Crippen LogP contribution is 2.36. The molecule has 2 aromatic carbocycles. The summed E-state index contributed by atoms with van der Waals surface area (Å²) in [7, 11) is 0. The first-order chi connectivity index (χ1) is 9.38. The van der Waals surface area contributed by atoms with E-state index in [2.05, 4.69) is 60.8 Å². The lowest BCUT2D eigenvalue weighted by Gasteiger charge is -2.27. The molecule has 0 aliphatic carbocycles. The zero-order valence-electron chi connectivity index (χ0n) is 11.5. The van der Waals surface area contributed by atoms with Gasteiger partial charge >= 0.3 is 0 Å². The third-order valence-corrected chi connectivity index (χ3v) is 4.01. The van der Waals surface area contributed by atoms with Gasteiger partial charge in [-0.05, 0) is 35.6 Å². The Balaban J connectivity index is 1.90. The molecular formula is C18H21N. The molecule has 0 saturated carbocycles. The lowest BCUT2D eigenvalue weighted by molar-refractivity contribution is 0.719. The van der Waals surface area contributed by atoms with Crippen LogP contribution in [0.4, 0.5) is 5.69 Å². The van der Waals surface area contributed by atoms with Crippen LogP contribution in [0.25, 0.3) is 0 Å². The van der Waals surface area contributed by atoms with Crippen LogP contribution in [0.15, 0.2) is 48.5 Å². The van der Waals surface area contributed by atoms with Gasteiger partial charge in [0.1, 0.15) is 0 Å². The highest BCUT2D eigenvalue weighted by atomic mass is 14.9. The van der Waals surface area contributed by atoms with Crippen molar-refractivity contribution in [2.24, 2.45) is 0 Å². The number of anilines is 1. The predicted octanol–water partition coefficient (Wildman–Crippen LogP) is 4.59. The Hall–Kier alpha value is -1.76. The fourth-order valence-corrected chi connectivity index (χ4v) is 3.02. The van der Waals surface area contributed by atoms with Crippen molar-refractivity contribution in [1.82, 2.24) is 0 Å². The average Bonchev–Trinajstić information content (AvgIpc) is 2.48. The zero-order valence-corrected chi connectivity index (χ0v) is 11.5. The van der Waals surface area contributed by atoms with E-state index in [1.165, 1.54) is 41.6 Å². The molecule has 2 aromatic rings. The van der Waals surface area contributed by atoms with Gasteiger partial charge in [0.15, 0.2) is 0 Å². The number of benzene rings is 2. The SMILES string of the molecule is CCCc1ccc(C2CCNc3ccccc32)cc1. The first-order valence-corrected chi connectivity index (χ1v) is 7.30. The van der Waals surface area contributed by atoms with Gasteiger partial charge in [-0.2, -0.15) is 0 Å². The van der Waals surface area contributed by atoms with Gasteiger partial charge in [0, 0.05) is 18.2 Å². The van der Waals surface area contributed by atoms with Crippen LogP contribution in [-0.4, -0.2) is 6.54 Å². The number of rotatable bonds is 3. The molecule has 1 aliphatic rings.